The summed E-state index contributed by atoms with van der Waals surface area (Å²) in [5.41, 5.74) is -1.11. The fourth-order valence-corrected chi connectivity index (χ4v) is 3.56. The largest absolute Gasteiger partial charge is 0.466 e. The lowest BCUT2D eigenvalue weighted by atomic mass is 10.0. The maximum absolute atomic E-state index is 10.7. The number of unbranched alkanes of at least 4 members (excludes halogenated alkanes) is 3. The molecule has 0 aromatic carbocycles. The fourth-order valence-electron chi connectivity index (χ4n) is 2.22. The Hall–Kier alpha value is -0.470. The molecule has 25 heavy (non-hydrogen) atoms. The van der Waals surface area contributed by atoms with Gasteiger partial charge in [0.1, 0.15) is 34.9 Å². The lowest BCUT2D eigenvalue weighted by Crippen LogP contribution is -2.57. The molecular formula is C13H25NO9S2. The Morgan fingerprint density at radius 1 is 1.16 bits per heavy atom. The molecule has 0 radical (unpaired) electrons. The van der Waals surface area contributed by atoms with Crippen molar-refractivity contribution in [3.05, 3.63) is 0 Å². The molecule has 1 heterocycles. The standard InChI is InChI=1S/C13H25NO9S2/c1-2-3-4-5-6-9(14-23-25(19,20)21)24-13-12(18)11(17)10(16)8(7-15)22-13/h8,10-13,15-18H,2-7H2,1H3,(H,19,20,21)/b14-9+. The second-order valence-corrected chi connectivity index (χ2v) is 7.79. The molecule has 5 atom stereocenters. The maximum atomic E-state index is 10.7. The van der Waals surface area contributed by atoms with E-state index in [4.69, 9.17) is 9.29 Å². The number of oxime groups is 1. The van der Waals surface area contributed by atoms with Gasteiger partial charge in [-0.2, -0.15) is 8.42 Å². The molecule has 0 aromatic heterocycles. The van der Waals surface area contributed by atoms with Crippen LogP contribution in [0, 0.1) is 0 Å². The summed E-state index contributed by atoms with van der Waals surface area (Å²) >= 11 is 0.792. The lowest BCUT2D eigenvalue weighted by Gasteiger charge is -2.39. The highest BCUT2D eigenvalue weighted by atomic mass is 32.3. The van der Waals surface area contributed by atoms with Crippen molar-refractivity contribution >= 4 is 27.2 Å². The van der Waals surface area contributed by atoms with E-state index in [1.54, 1.807) is 0 Å². The molecule has 5 N–H and O–H groups in total. The summed E-state index contributed by atoms with van der Waals surface area (Å²) in [4.78, 5) is 0. The van der Waals surface area contributed by atoms with Gasteiger partial charge in [0.2, 0.25) is 0 Å². The molecule has 5 unspecified atom stereocenters. The minimum Gasteiger partial charge on any atom is -0.394 e. The van der Waals surface area contributed by atoms with Crippen LogP contribution in [0.3, 0.4) is 0 Å². The van der Waals surface area contributed by atoms with Crippen molar-refractivity contribution in [1.82, 2.24) is 0 Å². The average molecular weight is 403 g/mol. The van der Waals surface area contributed by atoms with Gasteiger partial charge >= 0.3 is 10.4 Å². The molecule has 10 nitrogen and oxygen atoms in total. The molecule has 1 saturated heterocycles. The van der Waals surface area contributed by atoms with E-state index in [0.29, 0.717) is 12.8 Å². The quantitative estimate of drug-likeness (QED) is 0.113. The average Bonchev–Trinajstić information content (AvgIpc) is 2.55. The Labute approximate surface area is 150 Å². The smallest absolute Gasteiger partial charge is 0.394 e. The molecule has 0 aliphatic carbocycles. The molecule has 0 amide bonds. The van der Waals surface area contributed by atoms with Crippen molar-refractivity contribution < 1.29 is 42.4 Å². The Bertz CT molecular complexity index is 526. The van der Waals surface area contributed by atoms with Gasteiger partial charge in [0, 0.05) is 0 Å². The molecule has 0 saturated carbocycles. The number of aliphatic hydroxyl groups is 4. The van der Waals surface area contributed by atoms with Crippen LogP contribution in [0.15, 0.2) is 5.16 Å². The summed E-state index contributed by atoms with van der Waals surface area (Å²) in [6.45, 7) is 1.45. The number of thioether (sulfide) groups is 1. The van der Waals surface area contributed by atoms with Gasteiger partial charge in [0.25, 0.3) is 0 Å². The van der Waals surface area contributed by atoms with E-state index >= 15 is 0 Å². The van der Waals surface area contributed by atoms with E-state index < -0.39 is 46.9 Å². The van der Waals surface area contributed by atoms with Crippen molar-refractivity contribution in [2.24, 2.45) is 5.16 Å². The zero-order valence-corrected chi connectivity index (χ0v) is 15.4. The maximum Gasteiger partial charge on any atom is 0.466 e. The van der Waals surface area contributed by atoms with Crippen LogP contribution >= 0.6 is 11.8 Å². The van der Waals surface area contributed by atoms with Crippen molar-refractivity contribution in [3.8, 4) is 0 Å². The first-order valence-corrected chi connectivity index (χ1v) is 10.1. The molecule has 0 spiro atoms. The van der Waals surface area contributed by atoms with E-state index in [-0.39, 0.29) is 5.04 Å². The Kier molecular flexibility index (Phi) is 9.59. The number of rotatable bonds is 9. The molecule has 1 aliphatic heterocycles. The normalized spacial score (nSPS) is 31.1. The third-order valence-electron chi connectivity index (χ3n) is 3.58. The first kappa shape index (κ1) is 22.6. The summed E-state index contributed by atoms with van der Waals surface area (Å²) in [6, 6.07) is 0. The summed E-state index contributed by atoms with van der Waals surface area (Å²) in [5.74, 6) is 0. The second-order valence-electron chi connectivity index (χ2n) is 5.61. The van der Waals surface area contributed by atoms with Gasteiger partial charge in [-0.3, -0.25) is 4.55 Å². The minimum absolute atomic E-state index is 0.123. The van der Waals surface area contributed by atoms with Crippen LogP contribution in [0.1, 0.15) is 39.0 Å². The van der Waals surface area contributed by atoms with Crippen molar-refractivity contribution in [3.63, 3.8) is 0 Å². The van der Waals surface area contributed by atoms with Crippen LogP contribution in [0.4, 0.5) is 0 Å². The van der Waals surface area contributed by atoms with Gasteiger partial charge in [-0.25, -0.2) is 4.28 Å². The first-order valence-electron chi connectivity index (χ1n) is 7.89. The molecule has 0 aromatic rings. The van der Waals surface area contributed by atoms with Gasteiger partial charge in [0.15, 0.2) is 0 Å². The van der Waals surface area contributed by atoms with E-state index in [2.05, 4.69) is 9.44 Å². The zero-order valence-electron chi connectivity index (χ0n) is 13.8. The minimum atomic E-state index is -4.78. The predicted molar refractivity (Wildman–Crippen MR) is 90.2 cm³/mol. The number of hydrogen-bond acceptors (Lipinski definition) is 10. The van der Waals surface area contributed by atoms with Crippen LogP contribution in [0.5, 0.6) is 0 Å². The Balaban J connectivity index is 2.80. The van der Waals surface area contributed by atoms with Gasteiger partial charge in [-0.1, -0.05) is 43.1 Å². The highest BCUT2D eigenvalue weighted by Crippen LogP contribution is 2.30. The summed E-state index contributed by atoms with van der Waals surface area (Å²) in [7, 11) is -4.78. The van der Waals surface area contributed by atoms with Crippen LogP contribution < -0.4 is 0 Å². The van der Waals surface area contributed by atoms with Crippen molar-refractivity contribution in [2.75, 3.05) is 6.61 Å². The van der Waals surface area contributed by atoms with Gasteiger partial charge in [-0.05, 0) is 12.8 Å². The molecule has 148 valence electrons. The topological polar surface area (TPSA) is 166 Å². The third kappa shape index (κ3) is 7.74. The van der Waals surface area contributed by atoms with E-state index in [1.165, 1.54) is 0 Å². The van der Waals surface area contributed by atoms with Crippen molar-refractivity contribution in [2.45, 2.75) is 68.9 Å². The van der Waals surface area contributed by atoms with Crippen LogP contribution in [-0.4, -0.2) is 74.9 Å². The summed E-state index contributed by atoms with van der Waals surface area (Å²) < 4.78 is 39.4. The monoisotopic (exact) mass is 403 g/mol. The molecule has 1 aliphatic rings. The third-order valence-corrected chi connectivity index (χ3v) is 5.01. The van der Waals surface area contributed by atoms with E-state index in [0.717, 1.165) is 31.0 Å². The number of hydrogen-bond donors (Lipinski definition) is 5. The molecular weight excluding hydrogens is 378 g/mol. The molecule has 1 fully saturated rings. The number of ether oxygens (including phenoxy) is 1. The number of nitrogens with zero attached hydrogens (tertiary/aromatic N) is 1. The van der Waals surface area contributed by atoms with Gasteiger partial charge < -0.3 is 25.2 Å². The molecule has 1 rings (SSSR count). The Morgan fingerprint density at radius 3 is 2.40 bits per heavy atom. The van der Waals surface area contributed by atoms with E-state index in [9.17, 15) is 28.8 Å². The predicted octanol–water partition coefficient (Wildman–Crippen LogP) is -0.377. The summed E-state index contributed by atoms with van der Waals surface area (Å²) in [5, 5.41) is 42.2. The number of aliphatic hydroxyl groups excluding tert-OH is 4. The SMILES string of the molecule is CCCCCC/C(=N\OS(=O)(=O)O)SC1OC(CO)C(O)C(O)C1O. The summed E-state index contributed by atoms with van der Waals surface area (Å²) in [6.07, 6.45) is -1.83. The first-order chi connectivity index (χ1) is 11.7. The molecule has 12 heteroatoms. The molecule has 0 bridgehead atoms. The van der Waals surface area contributed by atoms with Gasteiger partial charge in [0.05, 0.1) is 6.61 Å². The second kappa shape index (κ2) is 10.6. The van der Waals surface area contributed by atoms with E-state index in [1.807, 2.05) is 6.92 Å². The van der Waals surface area contributed by atoms with Crippen LogP contribution in [-0.2, 0) is 19.4 Å². The highest BCUT2D eigenvalue weighted by molar-refractivity contribution is 8.14. The fraction of sp³-hybridized carbons (Fsp3) is 0.923. The lowest BCUT2D eigenvalue weighted by molar-refractivity contribution is -0.205. The van der Waals surface area contributed by atoms with Crippen LogP contribution in [0.25, 0.3) is 0 Å². The van der Waals surface area contributed by atoms with Gasteiger partial charge in [-0.15, -0.1) is 0 Å². The van der Waals surface area contributed by atoms with Crippen molar-refractivity contribution in [1.29, 1.82) is 0 Å². The van der Waals surface area contributed by atoms with Crippen LogP contribution in [0.2, 0.25) is 0 Å². The highest BCUT2D eigenvalue weighted by Gasteiger charge is 2.44. The Morgan fingerprint density at radius 2 is 1.84 bits per heavy atom. The zero-order chi connectivity index (χ0) is 19.0.